The molecule has 1 aromatic rings. The number of aryl methyl sites for hydroxylation is 1. The predicted molar refractivity (Wildman–Crippen MR) is 73.3 cm³/mol. The van der Waals surface area contributed by atoms with Crippen molar-refractivity contribution in [1.29, 1.82) is 0 Å². The Balaban J connectivity index is 1.92. The van der Waals surface area contributed by atoms with Crippen molar-refractivity contribution in [2.75, 3.05) is 19.6 Å². The number of piperidine rings is 1. The highest BCUT2D eigenvalue weighted by molar-refractivity contribution is 7.89. The van der Waals surface area contributed by atoms with E-state index in [0.29, 0.717) is 0 Å². The molecule has 1 aliphatic heterocycles. The predicted octanol–water partition coefficient (Wildman–Crippen LogP) is 0.573. The summed E-state index contributed by atoms with van der Waals surface area (Å²) in [6.07, 6.45) is 5.80. The molecule has 2 rings (SSSR count). The summed E-state index contributed by atoms with van der Waals surface area (Å²) in [5.41, 5.74) is 0. The quantitative estimate of drug-likeness (QED) is 0.859. The van der Waals surface area contributed by atoms with E-state index >= 15 is 0 Å². The van der Waals surface area contributed by atoms with Crippen LogP contribution in [0.15, 0.2) is 17.3 Å². The number of rotatable bonds is 5. The molecule has 108 valence electrons. The summed E-state index contributed by atoms with van der Waals surface area (Å²) in [5.74, 6) is 0. The number of likely N-dealkylation sites (tertiary alicyclic amines) is 1. The highest BCUT2D eigenvalue weighted by atomic mass is 32.2. The Hall–Kier alpha value is -0.920. The Kier molecular flexibility index (Phi) is 4.59. The van der Waals surface area contributed by atoms with Crippen molar-refractivity contribution in [3.8, 4) is 0 Å². The van der Waals surface area contributed by atoms with Gasteiger partial charge in [-0.25, -0.2) is 13.1 Å². The van der Waals surface area contributed by atoms with Gasteiger partial charge < -0.3 is 4.90 Å². The summed E-state index contributed by atoms with van der Waals surface area (Å²) in [6, 6.07) is 0.0401. The van der Waals surface area contributed by atoms with Crippen molar-refractivity contribution in [3.05, 3.63) is 12.4 Å². The molecule has 0 saturated carbocycles. The molecule has 0 aliphatic carbocycles. The standard InChI is InChI=1S/C12H22N4O2S/c1-3-6-16-7-4-11(5-8-16)14-19(17,18)12-9-13-15(2)10-12/h9-11,14H,3-8H2,1-2H3. The van der Waals surface area contributed by atoms with Crippen LogP contribution in [-0.2, 0) is 17.1 Å². The third kappa shape index (κ3) is 3.77. The molecule has 2 heterocycles. The molecule has 1 aromatic heterocycles. The van der Waals surface area contributed by atoms with Gasteiger partial charge in [0.1, 0.15) is 4.90 Å². The number of hydrogen-bond acceptors (Lipinski definition) is 4. The van der Waals surface area contributed by atoms with E-state index in [1.54, 1.807) is 7.05 Å². The van der Waals surface area contributed by atoms with Crippen LogP contribution in [0.4, 0.5) is 0 Å². The van der Waals surface area contributed by atoms with Crippen molar-refractivity contribution in [3.63, 3.8) is 0 Å². The molecule has 1 N–H and O–H groups in total. The Morgan fingerprint density at radius 3 is 2.63 bits per heavy atom. The summed E-state index contributed by atoms with van der Waals surface area (Å²) < 4.78 is 28.6. The van der Waals surface area contributed by atoms with Crippen LogP contribution in [0.25, 0.3) is 0 Å². The fourth-order valence-corrected chi connectivity index (χ4v) is 3.70. The van der Waals surface area contributed by atoms with Crippen molar-refractivity contribution < 1.29 is 8.42 Å². The Morgan fingerprint density at radius 1 is 1.42 bits per heavy atom. The second-order valence-electron chi connectivity index (χ2n) is 5.09. The van der Waals surface area contributed by atoms with E-state index in [2.05, 4.69) is 21.6 Å². The monoisotopic (exact) mass is 286 g/mol. The number of aromatic nitrogens is 2. The second kappa shape index (κ2) is 6.02. The highest BCUT2D eigenvalue weighted by Crippen LogP contribution is 2.14. The smallest absolute Gasteiger partial charge is 0.243 e. The summed E-state index contributed by atoms with van der Waals surface area (Å²) in [4.78, 5) is 2.63. The van der Waals surface area contributed by atoms with Gasteiger partial charge >= 0.3 is 0 Å². The van der Waals surface area contributed by atoms with Gasteiger partial charge in [-0.1, -0.05) is 6.92 Å². The van der Waals surface area contributed by atoms with E-state index in [0.717, 1.165) is 38.9 Å². The van der Waals surface area contributed by atoms with E-state index in [9.17, 15) is 8.42 Å². The molecule has 0 radical (unpaired) electrons. The number of hydrogen-bond donors (Lipinski definition) is 1. The lowest BCUT2D eigenvalue weighted by Crippen LogP contribution is -2.44. The molecule has 19 heavy (non-hydrogen) atoms. The molecule has 1 aliphatic rings. The maximum absolute atomic E-state index is 12.1. The first-order chi connectivity index (χ1) is 9.01. The third-order valence-electron chi connectivity index (χ3n) is 3.44. The molecule has 0 unspecified atom stereocenters. The first-order valence-electron chi connectivity index (χ1n) is 6.74. The van der Waals surface area contributed by atoms with Crippen LogP contribution in [0, 0.1) is 0 Å². The number of nitrogens with one attached hydrogen (secondary N) is 1. The minimum absolute atomic E-state index is 0.0401. The lowest BCUT2D eigenvalue weighted by atomic mass is 10.1. The second-order valence-corrected chi connectivity index (χ2v) is 6.80. The van der Waals surface area contributed by atoms with Gasteiger partial charge in [0.15, 0.2) is 0 Å². The summed E-state index contributed by atoms with van der Waals surface area (Å²) in [6.45, 7) is 5.20. The van der Waals surface area contributed by atoms with Gasteiger partial charge in [0.2, 0.25) is 10.0 Å². The zero-order chi connectivity index (χ0) is 13.9. The van der Waals surface area contributed by atoms with Gasteiger partial charge in [-0.2, -0.15) is 5.10 Å². The fraction of sp³-hybridized carbons (Fsp3) is 0.750. The minimum atomic E-state index is -3.42. The molecule has 0 amide bonds. The molecule has 6 nitrogen and oxygen atoms in total. The molecular weight excluding hydrogens is 264 g/mol. The van der Waals surface area contributed by atoms with Crippen LogP contribution in [0.2, 0.25) is 0 Å². The maximum Gasteiger partial charge on any atom is 0.243 e. The molecule has 0 aromatic carbocycles. The van der Waals surface area contributed by atoms with Crippen molar-refractivity contribution >= 4 is 10.0 Å². The molecular formula is C12H22N4O2S. The first kappa shape index (κ1) is 14.5. The van der Waals surface area contributed by atoms with Crippen molar-refractivity contribution in [2.45, 2.75) is 37.1 Å². The van der Waals surface area contributed by atoms with Crippen LogP contribution in [0.1, 0.15) is 26.2 Å². The van der Waals surface area contributed by atoms with Gasteiger partial charge in [0.05, 0.1) is 6.20 Å². The minimum Gasteiger partial charge on any atom is -0.303 e. The van der Waals surface area contributed by atoms with Crippen LogP contribution in [0.5, 0.6) is 0 Å². The van der Waals surface area contributed by atoms with Crippen LogP contribution >= 0.6 is 0 Å². The van der Waals surface area contributed by atoms with E-state index in [1.165, 1.54) is 17.1 Å². The molecule has 7 heteroatoms. The van der Waals surface area contributed by atoms with Gasteiger partial charge in [-0.15, -0.1) is 0 Å². The molecule has 1 fully saturated rings. The SMILES string of the molecule is CCCN1CCC(NS(=O)(=O)c2cnn(C)c2)CC1. The average Bonchev–Trinajstić information content (AvgIpc) is 2.79. The van der Waals surface area contributed by atoms with Gasteiger partial charge in [0.25, 0.3) is 0 Å². The number of sulfonamides is 1. The van der Waals surface area contributed by atoms with Crippen LogP contribution < -0.4 is 4.72 Å². The average molecular weight is 286 g/mol. The Labute approximate surface area is 114 Å². The number of nitrogens with zero attached hydrogens (tertiary/aromatic N) is 3. The summed E-state index contributed by atoms with van der Waals surface area (Å²) >= 11 is 0. The van der Waals surface area contributed by atoms with Crippen molar-refractivity contribution in [1.82, 2.24) is 19.4 Å². The largest absolute Gasteiger partial charge is 0.303 e. The van der Waals surface area contributed by atoms with Crippen molar-refractivity contribution in [2.24, 2.45) is 7.05 Å². The van der Waals surface area contributed by atoms with Gasteiger partial charge in [-0.05, 0) is 38.9 Å². The van der Waals surface area contributed by atoms with E-state index < -0.39 is 10.0 Å². The molecule has 0 spiro atoms. The summed E-state index contributed by atoms with van der Waals surface area (Å²) in [7, 11) is -1.71. The first-order valence-corrected chi connectivity index (χ1v) is 8.23. The van der Waals surface area contributed by atoms with Crippen LogP contribution in [-0.4, -0.2) is 48.8 Å². The molecule has 1 saturated heterocycles. The molecule has 0 atom stereocenters. The van der Waals surface area contributed by atoms with Gasteiger partial charge in [-0.3, -0.25) is 4.68 Å². The van der Waals surface area contributed by atoms with Gasteiger partial charge in [0, 0.05) is 19.3 Å². The highest BCUT2D eigenvalue weighted by Gasteiger charge is 2.24. The summed E-state index contributed by atoms with van der Waals surface area (Å²) in [5, 5.41) is 3.90. The van der Waals surface area contributed by atoms with Crippen LogP contribution in [0.3, 0.4) is 0 Å². The van der Waals surface area contributed by atoms with E-state index in [1.807, 2.05) is 0 Å². The lowest BCUT2D eigenvalue weighted by Gasteiger charge is -2.31. The Bertz CT molecular complexity index is 504. The fourth-order valence-electron chi connectivity index (χ4n) is 2.42. The molecule has 0 bridgehead atoms. The van der Waals surface area contributed by atoms with E-state index in [-0.39, 0.29) is 10.9 Å². The maximum atomic E-state index is 12.1. The van der Waals surface area contributed by atoms with E-state index in [4.69, 9.17) is 0 Å². The lowest BCUT2D eigenvalue weighted by molar-refractivity contribution is 0.208. The Morgan fingerprint density at radius 2 is 2.11 bits per heavy atom. The zero-order valence-electron chi connectivity index (χ0n) is 11.5. The third-order valence-corrected chi connectivity index (χ3v) is 4.92. The normalized spacial score (nSPS) is 18.8. The zero-order valence-corrected chi connectivity index (χ0v) is 12.4. The topological polar surface area (TPSA) is 67.2 Å².